The van der Waals surface area contributed by atoms with Crippen LogP contribution in [-0.4, -0.2) is 89.1 Å². The molecule has 0 aromatic heterocycles. The van der Waals surface area contributed by atoms with Crippen molar-refractivity contribution in [1.29, 1.82) is 0 Å². The second kappa shape index (κ2) is 12.7. The Balaban J connectivity index is 1.22. The van der Waals surface area contributed by atoms with E-state index in [1.54, 1.807) is 25.7 Å². The average Bonchev–Trinajstić information content (AvgIpc) is 3.97. The highest BCUT2D eigenvalue weighted by Gasteiger charge is 2.82. The van der Waals surface area contributed by atoms with E-state index in [4.69, 9.17) is 0 Å². The van der Waals surface area contributed by atoms with Gasteiger partial charge in [-0.1, -0.05) is 60.3 Å². The number of carbonyl (C=O) groups excluding carboxylic acids is 5. The number of piperidine rings is 1. The molecule has 286 valence electrons. The first-order valence-corrected chi connectivity index (χ1v) is 21.1. The minimum atomic E-state index is -3.56. The maximum Gasteiger partial charge on any atom is 0.315 e. The summed E-state index contributed by atoms with van der Waals surface area (Å²) in [6.07, 6.45) is 8.19. The first-order chi connectivity index (χ1) is 23.6. The van der Waals surface area contributed by atoms with Crippen LogP contribution in [0.2, 0.25) is 0 Å². The van der Waals surface area contributed by atoms with E-state index >= 15 is 0 Å². The van der Waals surface area contributed by atoms with Gasteiger partial charge in [-0.05, 0) is 100 Å². The number of Topliss-reactive ketones (excluding diaryl/α,β-unsaturated/α-hetero) is 1. The van der Waals surface area contributed by atoms with E-state index in [1.807, 2.05) is 27.7 Å². The van der Waals surface area contributed by atoms with Crippen molar-refractivity contribution in [1.82, 2.24) is 26.2 Å². The van der Waals surface area contributed by atoms with Crippen LogP contribution in [0.3, 0.4) is 0 Å². The number of hydrogen-bond acceptors (Lipinski definition) is 7. The molecule has 12 nitrogen and oxygen atoms in total. The smallest absolute Gasteiger partial charge is 0.315 e. The zero-order chi connectivity index (χ0) is 37.5. The van der Waals surface area contributed by atoms with Crippen molar-refractivity contribution < 1.29 is 32.4 Å². The Kier molecular flexibility index (Phi) is 9.48. The third-order valence-electron chi connectivity index (χ3n) is 13.3. The first kappa shape index (κ1) is 38.0. The lowest BCUT2D eigenvalue weighted by Crippen LogP contribution is -2.64. The van der Waals surface area contributed by atoms with Crippen molar-refractivity contribution in [3.8, 4) is 0 Å². The van der Waals surface area contributed by atoms with Crippen LogP contribution in [0, 0.1) is 34.5 Å². The molecule has 13 heteroatoms. The van der Waals surface area contributed by atoms with Gasteiger partial charge < -0.3 is 26.2 Å². The molecule has 6 fully saturated rings. The lowest BCUT2D eigenvalue weighted by molar-refractivity contribution is -0.145. The van der Waals surface area contributed by atoms with Gasteiger partial charge in [0.05, 0.1) is 16.0 Å². The van der Waals surface area contributed by atoms with Crippen molar-refractivity contribution in [3.05, 3.63) is 0 Å². The Bertz CT molecular complexity index is 1570. The van der Waals surface area contributed by atoms with Gasteiger partial charge >= 0.3 is 6.03 Å². The Labute approximate surface area is 304 Å². The highest BCUT2D eigenvalue weighted by molar-refractivity contribution is 7.92. The lowest BCUT2D eigenvalue weighted by Gasteiger charge is -2.41. The van der Waals surface area contributed by atoms with Gasteiger partial charge in [0.1, 0.15) is 17.6 Å². The Morgan fingerprint density at radius 2 is 1.55 bits per heavy atom. The molecule has 5 amide bonds. The number of sulfone groups is 1. The average molecular weight is 732 g/mol. The number of nitrogens with one attached hydrogen (secondary N) is 4. The van der Waals surface area contributed by atoms with E-state index in [1.165, 1.54) is 0 Å². The molecule has 1 heterocycles. The van der Waals surface area contributed by atoms with Crippen molar-refractivity contribution in [2.24, 2.45) is 34.5 Å². The summed E-state index contributed by atoms with van der Waals surface area (Å²) in [7, 11) is -3.56. The Hall–Kier alpha value is -2.70. The molecular weight excluding hydrogens is 671 g/mol. The molecule has 2 unspecified atom stereocenters. The lowest BCUT2D eigenvalue weighted by atomic mass is 9.83. The normalized spacial score (nSPS) is 34.2. The van der Waals surface area contributed by atoms with Crippen molar-refractivity contribution in [2.75, 3.05) is 12.3 Å². The van der Waals surface area contributed by atoms with Gasteiger partial charge in [-0.25, -0.2) is 13.2 Å². The van der Waals surface area contributed by atoms with Gasteiger partial charge in [0.15, 0.2) is 9.84 Å². The number of fused-ring (bicyclic) bond motifs is 3. The fourth-order valence-corrected chi connectivity index (χ4v) is 11.2. The molecule has 51 heavy (non-hydrogen) atoms. The number of likely N-dealkylation sites (tertiary alicyclic amines) is 1. The maximum atomic E-state index is 14.6. The van der Waals surface area contributed by atoms with E-state index in [2.05, 4.69) is 28.2 Å². The molecule has 5 saturated carbocycles. The van der Waals surface area contributed by atoms with Gasteiger partial charge in [-0.15, -0.1) is 0 Å². The zero-order valence-corrected chi connectivity index (χ0v) is 32.8. The SMILES string of the molecule is CCC[C@H]1C[C@]1(NC(=O)[C@@H]1[C@@H]2[C@H](CN1C(=O)[C@@H](NC(=O)NC1(CS(=O)(=O)C(C)(C)C)CCCCC1)C(C)(C)C)C21CC1C)C(=O)C(=O)NC1CC1. The molecule has 1 saturated heterocycles. The summed E-state index contributed by atoms with van der Waals surface area (Å²) in [5, 5.41) is 11.8. The van der Waals surface area contributed by atoms with E-state index < -0.39 is 66.8 Å². The number of nitrogens with zero attached hydrogens (tertiary/aromatic N) is 1. The van der Waals surface area contributed by atoms with Crippen LogP contribution in [0.25, 0.3) is 0 Å². The minimum absolute atomic E-state index is 0.0128. The third-order valence-corrected chi connectivity index (χ3v) is 16.1. The van der Waals surface area contributed by atoms with Crippen LogP contribution in [-0.2, 0) is 29.0 Å². The summed E-state index contributed by atoms with van der Waals surface area (Å²) < 4.78 is 25.7. The number of rotatable bonds is 12. The predicted molar refractivity (Wildman–Crippen MR) is 193 cm³/mol. The predicted octanol–water partition coefficient (Wildman–Crippen LogP) is 3.62. The highest BCUT2D eigenvalue weighted by atomic mass is 32.2. The van der Waals surface area contributed by atoms with E-state index in [9.17, 15) is 32.4 Å². The molecule has 0 bridgehead atoms. The van der Waals surface area contributed by atoms with E-state index in [-0.39, 0.29) is 40.9 Å². The summed E-state index contributed by atoms with van der Waals surface area (Å²) in [6, 6.07) is -2.41. The second-order valence-corrected chi connectivity index (χ2v) is 21.9. The number of carbonyl (C=O) groups is 5. The van der Waals surface area contributed by atoms with E-state index in [0.29, 0.717) is 38.1 Å². The molecule has 0 radical (unpaired) electrons. The number of amides is 5. The number of urea groups is 1. The van der Waals surface area contributed by atoms with Gasteiger partial charge in [-0.2, -0.15) is 0 Å². The maximum absolute atomic E-state index is 14.6. The molecule has 1 spiro atoms. The third kappa shape index (κ3) is 6.94. The molecule has 6 rings (SSSR count). The summed E-state index contributed by atoms with van der Waals surface area (Å²) in [4.78, 5) is 71.1. The van der Waals surface area contributed by atoms with Crippen LogP contribution in [0.1, 0.15) is 126 Å². The van der Waals surface area contributed by atoms with Crippen molar-refractivity contribution >= 4 is 39.4 Å². The van der Waals surface area contributed by atoms with Crippen molar-refractivity contribution in [3.63, 3.8) is 0 Å². The first-order valence-electron chi connectivity index (χ1n) is 19.4. The quantitative estimate of drug-likeness (QED) is 0.222. The van der Waals surface area contributed by atoms with Crippen LogP contribution in [0.5, 0.6) is 0 Å². The zero-order valence-electron chi connectivity index (χ0n) is 31.9. The van der Waals surface area contributed by atoms with Crippen LogP contribution in [0.4, 0.5) is 4.79 Å². The van der Waals surface area contributed by atoms with Crippen LogP contribution >= 0.6 is 0 Å². The second-order valence-electron chi connectivity index (χ2n) is 19.1. The molecule has 6 aliphatic rings. The van der Waals surface area contributed by atoms with Gasteiger partial charge in [0, 0.05) is 12.6 Å². The Morgan fingerprint density at radius 1 is 0.922 bits per heavy atom. The van der Waals surface area contributed by atoms with Crippen LogP contribution < -0.4 is 21.3 Å². The summed E-state index contributed by atoms with van der Waals surface area (Å²) >= 11 is 0. The van der Waals surface area contributed by atoms with Crippen molar-refractivity contribution in [2.45, 2.75) is 160 Å². The van der Waals surface area contributed by atoms with Gasteiger partial charge in [0.25, 0.3) is 5.91 Å². The fourth-order valence-electron chi connectivity index (χ4n) is 9.70. The molecule has 0 aromatic rings. The van der Waals surface area contributed by atoms with E-state index in [0.717, 1.165) is 44.9 Å². The topological polar surface area (TPSA) is 171 Å². The molecule has 5 aliphatic carbocycles. The molecular formula is C38H61N5O7S. The summed E-state index contributed by atoms with van der Waals surface area (Å²) in [6.45, 7) is 15.2. The molecule has 0 aromatic carbocycles. The summed E-state index contributed by atoms with van der Waals surface area (Å²) in [5.74, 6) is -1.80. The molecule has 8 atom stereocenters. The minimum Gasteiger partial charge on any atom is -0.347 e. The van der Waals surface area contributed by atoms with Gasteiger partial charge in [-0.3, -0.25) is 19.2 Å². The Morgan fingerprint density at radius 3 is 2.08 bits per heavy atom. The summed E-state index contributed by atoms with van der Waals surface area (Å²) in [5.41, 5.74) is -2.94. The monoisotopic (exact) mass is 731 g/mol. The highest BCUT2D eigenvalue weighted by Crippen LogP contribution is 2.81. The number of hydrogen-bond donors (Lipinski definition) is 4. The number of ketones is 1. The standard InChI is InChI=1S/C38H61N5O7S/c1-9-13-23-19-38(23,29(44)31(46)39-24-14-15-24)41-30(45)27-26-25(37(26)18-22(37)2)20-43(27)32(47)28(34(3,4)5)40-33(48)42-36(16-11-10-12-17-36)21-51(49,50)35(6,7)8/h22-28H,9-21H2,1-8H3,(H,39,46)(H,41,45)(H2,40,42,48)/t22?,23-,25-,26-,27-,28+,37?,38+/m0/s1. The van der Waals surface area contributed by atoms with Crippen LogP contribution in [0.15, 0.2) is 0 Å². The largest absolute Gasteiger partial charge is 0.347 e. The molecule has 4 N–H and O–H groups in total. The van der Waals surface area contributed by atoms with Gasteiger partial charge in [0.2, 0.25) is 17.6 Å². The fraction of sp³-hybridized carbons (Fsp3) is 0.868. The molecule has 1 aliphatic heterocycles.